The van der Waals surface area contributed by atoms with Crippen LogP contribution in [0.15, 0.2) is 6.07 Å². The molecule has 1 aromatic rings. The van der Waals surface area contributed by atoms with Crippen molar-refractivity contribution in [3.63, 3.8) is 0 Å². The molecule has 1 aromatic heterocycles. The second-order valence-electron chi connectivity index (χ2n) is 2.91. The lowest BCUT2D eigenvalue weighted by atomic mass is 10.3. The van der Waals surface area contributed by atoms with E-state index in [9.17, 15) is 13.2 Å². The third-order valence-electron chi connectivity index (χ3n) is 1.74. The van der Waals surface area contributed by atoms with Gasteiger partial charge in [0.25, 0.3) is 0 Å². The molecule has 7 heteroatoms. The van der Waals surface area contributed by atoms with Crippen LogP contribution in [-0.4, -0.2) is 18.5 Å². The van der Waals surface area contributed by atoms with Crippen LogP contribution in [-0.2, 0) is 5.33 Å². The molecule has 0 N–H and O–H groups in total. The number of hydrogen-bond donors (Lipinski definition) is 0. The monoisotopic (exact) mass is 299 g/mol. The number of halogens is 4. The second-order valence-corrected chi connectivity index (χ2v) is 3.47. The minimum absolute atomic E-state index is 0.0132. The van der Waals surface area contributed by atoms with Gasteiger partial charge in [-0.15, -0.1) is 13.2 Å². The Labute approximate surface area is 98.7 Å². The molecule has 0 aliphatic rings. The van der Waals surface area contributed by atoms with E-state index in [4.69, 9.17) is 4.74 Å². The van der Waals surface area contributed by atoms with Crippen molar-refractivity contribution < 1.29 is 22.6 Å². The van der Waals surface area contributed by atoms with Gasteiger partial charge in [-0.1, -0.05) is 15.9 Å². The summed E-state index contributed by atoms with van der Waals surface area (Å²) < 4.78 is 45.0. The summed E-state index contributed by atoms with van der Waals surface area (Å²) in [5, 5.41) is 0.427. The first-order valence-corrected chi connectivity index (χ1v) is 5.35. The number of aryl methyl sites for hydroxylation is 1. The first-order valence-electron chi connectivity index (χ1n) is 4.23. The number of aromatic nitrogens is 1. The molecule has 0 aliphatic heterocycles. The van der Waals surface area contributed by atoms with Gasteiger partial charge in [-0.05, 0) is 6.92 Å². The maximum atomic E-state index is 12.1. The van der Waals surface area contributed by atoms with E-state index in [0.29, 0.717) is 11.0 Å². The molecular formula is C9H9BrF3NO2. The maximum absolute atomic E-state index is 12.1. The number of rotatable bonds is 3. The molecule has 0 aromatic carbocycles. The summed E-state index contributed by atoms with van der Waals surface area (Å²) in [6.45, 7) is 1.43. The standard InChI is InChI=1S/C9H9BrF3NO2/c1-5-8(16-9(11,12)13)7(15-2)3-6(4-10)14-5/h3H,4H2,1-2H3. The van der Waals surface area contributed by atoms with Gasteiger partial charge in [-0.3, -0.25) is 4.98 Å². The average Bonchev–Trinajstić information content (AvgIpc) is 2.19. The van der Waals surface area contributed by atoms with Gasteiger partial charge < -0.3 is 9.47 Å². The van der Waals surface area contributed by atoms with Crippen LogP contribution >= 0.6 is 15.9 Å². The van der Waals surface area contributed by atoms with E-state index in [0.717, 1.165) is 0 Å². The molecule has 0 unspecified atom stereocenters. The SMILES string of the molecule is COc1cc(CBr)nc(C)c1OC(F)(F)F. The Kier molecular flexibility index (Phi) is 4.01. The molecular weight excluding hydrogens is 291 g/mol. The number of methoxy groups -OCH3 is 1. The minimum Gasteiger partial charge on any atom is -0.493 e. The Bertz CT molecular complexity index is 382. The minimum atomic E-state index is -4.75. The Morgan fingerprint density at radius 2 is 2.06 bits per heavy atom. The van der Waals surface area contributed by atoms with Crippen LogP contribution < -0.4 is 9.47 Å². The molecule has 0 saturated carbocycles. The lowest BCUT2D eigenvalue weighted by Crippen LogP contribution is -2.19. The van der Waals surface area contributed by atoms with Crippen LogP contribution in [0, 0.1) is 6.92 Å². The summed E-state index contributed by atoms with van der Waals surface area (Å²) in [6, 6.07) is 1.39. The highest BCUT2D eigenvalue weighted by Gasteiger charge is 2.33. The second kappa shape index (κ2) is 4.90. The number of hydrogen-bond acceptors (Lipinski definition) is 3. The molecule has 0 spiro atoms. The summed E-state index contributed by atoms with van der Waals surface area (Å²) in [5.41, 5.74) is 0.704. The van der Waals surface area contributed by atoms with Crippen LogP contribution in [0.2, 0.25) is 0 Å². The zero-order valence-corrected chi connectivity index (χ0v) is 10.1. The third-order valence-corrected chi connectivity index (χ3v) is 2.31. The highest BCUT2D eigenvalue weighted by molar-refractivity contribution is 9.08. The topological polar surface area (TPSA) is 31.4 Å². The van der Waals surface area contributed by atoms with Crippen molar-refractivity contribution in [3.05, 3.63) is 17.5 Å². The quantitative estimate of drug-likeness (QED) is 0.803. The Hall–Kier alpha value is -0.980. The number of ether oxygens (including phenoxy) is 2. The predicted molar refractivity (Wildman–Crippen MR) is 54.8 cm³/mol. The van der Waals surface area contributed by atoms with Crippen molar-refractivity contribution in [1.82, 2.24) is 4.98 Å². The summed E-state index contributed by atoms with van der Waals surface area (Å²) in [6.07, 6.45) is -4.75. The van der Waals surface area contributed by atoms with E-state index in [1.54, 1.807) is 0 Å². The zero-order valence-electron chi connectivity index (χ0n) is 8.56. The van der Waals surface area contributed by atoms with Crippen LogP contribution in [0.4, 0.5) is 13.2 Å². The molecule has 0 saturated heterocycles. The Morgan fingerprint density at radius 3 is 2.50 bits per heavy atom. The molecule has 0 aliphatic carbocycles. The van der Waals surface area contributed by atoms with Crippen molar-refractivity contribution in [2.75, 3.05) is 7.11 Å². The van der Waals surface area contributed by atoms with Crippen molar-refractivity contribution in [2.45, 2.75) is 18.6 Å². The van der Waals surface area contributed by atoms with Crippen LogP contribution in [0.25, 0.3) is 0 Å². The lowest BCUT2D eigenvalue weighted by Gasteiger charge is -2.15. The molecule has 16 heavy (non-hydrogen) atoms. The van der Waals surface area contributed by atoms with Gasteiger partial charge in [0.2, 0.25) is 0 Å². The number of pyridine rings is 1. The highest BCUT2D eigenvalue weighted by atomic mass is 79.9. The molecule has 0 radical (unpaired) electrons. The summed E-state index contributed by atoms with van der Waals surface area (Å²) >= 11 is 3.16. The molecule has 1 rings (SSSR count). The zero-order chi connectivity index (χ0) is 12.3. The summed E-state index contributed by atoms with van der Waals surface area (Å²) in [4.78, 5) is 3.93. The Balaban J connectivity index is 3.16. The molecule has 90 valence electrons. The van der Waals surface area contributed by atoms with E-state index in [1.165, 1.54) is 20.1 Å². The van der Waals surface area contributed by atoms with E-state index in [-0.39, 0.29) is 11.4 Å². The molecule has 0 bridgehead atoms. The first kappa shape index (κ1) is 13.1. The molecule has 1 heterocycles. The lowest BCUT2D eigenvalue weighted by molar-refractivity contribution is -0.275. The molecule has 3 nitrogen and oxygen atoms in total. The van der Waals surface area contributed by atoms with E-state index in [1.807, 2.05) is 0 Å². The fourth-order valence-corrected chi connectivity index (χ4v) is 1.44. The van der Waals surface area contributed by atoms with Crippen molar-refractivity contribution in [2.24, 2.45) is 0 Å². The smallest absolute Gasteiger partial charge is 0.493 e. The Morgan fingerprint density at radius 1 is 1.44 bits per heavy atom. The number of nitrogens with zero attached hydrogens (tertiary/aromatic N) is 1. The normalized spacial score (nSPS) is 11.4. The van der Waals surface area contributed by atoms with Crippen molar-refractivity contribution >= 4 is 15.9 Å². The summed E-state index contributed by atoms with van der Waals surface area (Å²) in [7, 11) is 1.27. The summed E-state index contributed by atoms with van der Waals surface area (Å²) in [5.74, 6) is -0.390. The van der Waals surface area contributed by atoms with Crippen molar-refractivity contribution in [3.8, 4) is 11.5 Å². The predicted octanol–water partition coefficient (Wildman–Crippen LogP) is 3.19. The third kappa shape index (κ3) is 3.26. The van der Waals surface area contributed by atoms with Gasteiger partial charge in [0.05, 0.1) is 18.5 Å². The van der Waals surface area contributed by atoms with Gasteiger partial charge in [-0.2, -0.15) is 0 Å². The van der Waals surface area contributed by atoms with Crippen LogP contribution in [0.5, 0.6) is 11.5 Å². The van der Waals surface area contributed by atoms with Gasteiger partial charge in [-0.25, -0.2) is 0 Å². The van der Waals surface area contributed by atoms with Crippen molar-refractivity contribution in [1.29, 1.82) is 0 Å². The van der Waals surface area contributed by atoms with E-state index >= 15 is 0 Å². The van der Waals surface area contributed by atoms with Crippen LogP contribution in [0.1, 0.15) is 11.4 Å². The molecule has 0 fully saturated rings. The number of alkyl halides is 4. The molecule has 0 atom stereocenters. The maximum Gasteiger partial charge on any atom is 0.573 e. The van der Waals surface area contributed by atoms with Gasteiger partial charge in [0.1, 0.15) is 0 Å². The van der Waals surface area contributed by atoms with E-state index < -0.39 is 12.1 Å². The molecule has 0 amide bonds. The fraction of sp³-hybridized carbons (Fsp3) is 0.444. The fourth-order valence-electron chi connectivity index (χ4n) is 1.15. The highest BCUT2D eigenvalue weighted by Crippen LogP contribution is 2.35. The van der Waals surface area contributed by atoms with Gasteiger partial charge >= 0.3 is 6.36 Å². The largest absolute Gasteiger partial charge is 0.573 e. The average molecular weight is 300 g/mol. The first-order chi connectivity index (χ1) is 7.37. The van der Waals surface area contributed by atoms with Gasteiger partial charge in [0.15, 0.2) is 11.5 Å². The van der Waals surface area contributed by atoms with Gasteiger partial charge in [0, 0.05) is 11.4 Å². The van der Waals surface area contributed by atoms with Crippen LogP contribution in [0.3, 0.4) is 0 Å². The van der Waals surface area contributed by atoms with E-state index in [2.05, 4.69) is 25.7 Å².